The largest absolute Gasteiger partial charge is 0.760 e. The maximum Gasteiger partial charge on any atom is 0.131 e. The highest BCUT2D eigenvalue weighted by Crippen LogP contribution is 2.48. The molecule has 2 aromatic carbocycles. The number of nitrogens with two attached hydrogens (primary N) is 1. The van der Waals surface area contributed by atoms with Gasteiger partial charge in [-0.1, -0.05) is 43.5 Å². The maximum atomic E-state index is 11.2. The molecule has 6 rings (SSSR count). The Bertz CT molecular complexity index is 1500. The summed E-state index contributed by atoms with van der Waals surface area (Å²) in [6.07, 6.45) is 13.4. The molecule has 258 valence electrons. The second-order valence-corrected chi connectivity index (χ2v) is 15.5. The van der Waals surface area contributed by atoms with Crippen molar-refractivity contribution in [3.8, 4) is 17.0 Å². The molecule has 0 spiro atoms. The highest BCUT2D eigenvalue weighted by Gasteiger charge is 2.31. The topological polar surface area (TPSA) is 90.0 Å². The molecule has 3 heterocycles. The van der Waals surface area contributed by atoms with Gasteiger partial charge in [0.25, 0.3) is 0 Å². The van der Waals surface area contributed by atoms with Crippen molar-refractivity contribution < 1.29 is 13.5 Å². The van der Waals surface area contributed by atoms with Crippen LogP contribution in [0.25, 0.3) is 22.2 Å². The van der Waals surface area contributed by atoms with E-state index in [1.54, 1.807) is 7.05 Å². The highest BCUT2D eigenvalue weighted by atomic mass is 32.2. The molecule has 9 heteroatoms. The molecular formula is C38H56N5O3S-. The molecule has 3 aliphatic rings. The van der Waals surface area contributed by atoms with Crippen LogP contribution in [0.15, 0.2) is 36.4 Å². The predicted molar refractivity (Wildman–Crippen MR) is 192 cm³/mol. The molecule has 0 amide bonds. The fraction of sp³-hybridized carbons (Fsp3) is 0.632. The van der Waals surface area contributed by atoms with E-state index in [1.165, 1.54) is 101 Å². The second kappa shape index (κ2) is 16.4. The van der Waals surface area contributed by atoms with Crippen LogP contribution in [0.2, 0.25) is 0 Å². The molecule has 2 aliphatic heterocycles. The zero-order valence-electron chi connectivity index (χ0n) is 28.8. The minimum absolute atomic E-state index is 0.362. The number of hydrogen-bond acceptors (Lipinski definition) is 6. The summed E-state index contributed by atoms with van der Waals surface area (Å²) in [5.41, 5.74) is 14.3. The van der Waals surface area contributed by atoms with Gasteiger partial charge in [0, 0.05) is 59.8 Å². The molecule has 1 saturated carbocycles. The summed E-state index contributed by atoms with van der Waals surface area (Å²) in [6, 6.07) is 13.8. The molecule has 8 nitrogen and oxygen atoms in total. The van der Waals surface area contributed by atoms with E-state index in [0.29, 0.717) is 31.5 Å². The Morgan fingerprint density at radius 3 is 2.57 bits per heavy atom. The molecule has 2 N–H and O–H groups in total. The number of aryl methyl sites for hydroxylation is 1. The van der Waals surface area contributed by atoms with Gasteiger partial charge < -0.3 is 29.4 Å². The maximum absolute atomic E-state index is 11.2. The van der Waals surface area contributed by atoms with Crippen molar-refractivity contribution in [3.05, 3.63) is 53.1 Å². The molecule has 1 aromatic heterocycles. The number of nitrogens with zero attached hydrogens (tertiary/aromatic N) is 4. The Labute approximate surface area is 285 Å². The molecule has 2 unspecified atom stereocenters. The molecule has 2 atom stereocenters. The van der Waals surface area contributed by atoms with Gasteiger partial charge in [0.1, 0.15) is 5.75 Å². The van der Waals surface area contributed by atoms with Gasteiger partial charge in [0.05, 0.1) is 12.3 Å². The number of ether oxygens (including phenoxy) is 1. The van der Waals surface area contributed by atoms with E-state index in [-0.39, 0.29) is 0 Å². The lowest BCUT2D eigenvalue weighted by molar-refractivity contribution is 0.208. The Kier molecular flexibility index (Phi) is 12.1. The monoisotopic (exact) mass is 662 g/mol. The first kappa shape index (κ1) is 34.6. The first-order valence-corrected chi connectivity index (χ1v) is 19.3. The van der Waals surface area contributed by atoms with Crippen LogP contribution >= 0.6 is 0 Å². The van der Waals surface area contributed by atoms with E-state index in [1.807, 2.05) is 0 Å². The molecular weight excluding hydrogens is 607 g/mol. The second-order valence-electron chi connectivity index (χ2n) is 14.4. The van der Waals surface area contributed by atoms with Crippen molar-refractivity contribution in [1.29, 1.82) is 0 Å². The van der Waals surface area contributed by atoms with Crippen LogP contribution in [0.5, 0.6) is 5.75 Å². The lowest BCUT2D eigenvalue weighted by atomic mass is 9.81. The van der Waals surface area contributed by atoms with Crippen LogP contribution in [0.1, 0.15) is 86.8 Å². The van der Waals surface area contributed by atoms with E-state index in [9.17, 15) is 8.76 Å². The van der Waals surface area contributed by atoms with Gasteiger partial charge in [-0.2, -0.15) is 0 Å². The fourth-order valence-electron chi connectivity index (χ4n) is 8.31. The predicted octanol–water partition coefficient (Wildman–Crippen LogP) is 6.29. The van der Waals surface area contributed by atoms with Gasteiger partial charge in [-0.25, -0.2) is 4.31 Å². The number of rotatable bonds is 14. The standard InChI is InChI=1S/C38H57N5O3S/c1-40(23-24-41(2)47(44)45)19-9-11-30-27-43-35-25-29(26-39)17-18-33(35)36(31-12-4-3-5-13-31)37(43)34-16-8-14-32(38(34)46-28-30)15-10-22-42-20-6-7-21-42/h8,14,16-18,25,30-31H,3-7,9-13,15,19-24,26-28,39H2,1-2H3,(H,44,45)/p-1. The number of hydrogen-bond donors (Lipinski definition) is 1. The summed E-state index contributed by atoms with van der Waals surface area (Å²) >= 11 is -2.17. The van der Waals surface area contributed by atoms with Crippen molar-refractivity contribution in [3.63, 3.8) is 0 Å². The molecule has 3 aromatic rings. The van der Waals surface area contributed by atoms with Crippen LogP contribution < -0.4 is 10.5 Å². The van der Waals surface area contributed by atoms with Crippen molar-refractivity contribution in [1.82, 2.24) is 18.7 Å². The van der Waals surface area contributed by atoms with E-state index in [0.717, 1.165) is 57.6 Å². The van der Waals surface area contributed by atoms with Crippen molar-refractivity contribution in [2.75, 3.05) is 60.0 Å². The smallest absolute Gasteiger partial charge is 0.131 e. The highest BCUT2D eigenvalue weighted by molar-refractivity contribution is 7.76. The Balaban J connectivity index is 1.33. The quantitative estimate of drug-likeness (QED) is 0.204. The molecule has 47 heavy (non-hydrogen) atoms. The molecule has 2 fully saturated rings. The third kappa shape index (κ3) is 8.31. The van der Waals surface area contributed by atoms with E-state index in [4.69, 9.17) is 10.5 Å². The van der Waals surface area contributed by atoms with Gasteiger partial charge in [0.2, 0.25) is 0 Å². The van der Waals surface area contributed by atoms with Crippen molar-refractivity contribution in [2.45, 2.75) is 89.6 Å². The van der Waals surface area contributed by atoms with Gasteiger partial charge >= 0.3 is 0 Å². The average molecular weight is 663 g/mol. The van der Waals surface area contributed by atoms with Crippen LogP contribution in [0.3, 0.4) is 0 Å². The lowest BCUT2D eigenvalue weighted by Crippen LogP contribution is -2.32. The minimum atomic E-state index is -2.17. The minimum Gasteiger partial charge on any atom is -0.760 e. The van der Waals surface area contributed by atoms with E-state index >= 15 is 0 Å². The van der Waals surface area contributed by atoms with Crippen molar-refractivity contribution in [2.24, 2.45) is 11.7 Å². The Hall–Kier alpha value is -2.27. The zero-order valence-corrected chi connectivity index (χ0v) is 29.6. The third-order valence-electron chi connectivity index (χ3n) is 11.0. The summed E-state index contributed by atoms with van der Waals surface area (Å²) in [6.45, 7) is 7.96. The van der Waals surface area contributed by atoms with Crippen LogP contribution in [0, 0.1) is 5.92 Å². The first-order valence-electron chi connectivity index (χ1n) is 18.2. The van der Waals surface area contributed by atoms with E-state index < -0.39 is 11.3 Å². The number of benzene rings is 2. The number of para-hydroxylation sites is 1. The molecule has 0 radical (unpaired) electrons. The summed E-state index contributed by atoms with van der Waals surface area (Å²) in [5, 5.41) is 1.40. The third-order valence-corrected chi connectivity index (χ3v) is 11.7. The van der Waals surface area contributed by atoms with Gasteiger partial charge in [-0.05, 0) is 126 Å². The average Bonchev–Trinajstić information content (AvgIpc) is 3.71. The first-order chi connectivity index (χ1) is 22.9. The number of aromatic nitrogens is 1. The molecule has 1 saturated heterocycles. The fourth-order valence-corrected chi connectivity index (χ4v) is 8.54. The van der Waals surface area contributed by atoms with E-state index in [2.05, 4.69) is 57.8 Å². The summed E-state index contributed by atoms with van der Waals surface area (Å²) < 4.78 is 33.5. The van der Waals surface area contributed by atoms with Crippen LogP contribution in [-0.4, -0.2) is 87.4 Å². The zero-order chi connectivity index (χ0) is 32.8. The lowest BCUT2D eigenvalue weighted by Gasteiger charge is -2.29. The SMILES string of the molecule is CN(CCCC1COc2c(CCCN3CCCC3)cccc2-c2c(C3CCCCC3)c3ccc(CN)cc3n2C1)CCN(C)S(=O)[O-]. The summed E-state index contributed by atoms with van der Waals surface area (Å²) in [7, 11) is 3.71. The number of likely N-dealkylation sites (N-methyl/N-ethyl adjacent to an activating group) is 2. The summed E-state index contributed by atoms with van der Waals surface area (Å²) in [5.74, 6) is 2.02. The van der Waals surface area contributed by atoms with Gasteiger partial charge in [-0.15, -0.1) is 0 Å². The van der Waals surface area contributed by atoms with Crippen LogP contribution in [0.4, 0.5) is 0 Å². The normalized spacial score (nSPS) is 19.9. The Morgan fingerprint density at radius 1 is 1.00 bits per heavy atom. The molecule has 1 aliphatic carbocycles. The van der Waals surface area contributed by atoms with Crippen LogP contribution in [-0.2, 0) is 30.8 Å². The Morgan fingerprint density at radius 2 is 1.81 bits per heavy atom. The number of fused-ring (bicyclic) bond motifs is 5. The van der Waals surface area contributed by atoms with Gasteiger partial charge in [0.15, 0.2) is 0 Å². The molecule has 0 bridgehead atoms. The number of likely N-dealkylation sites (tertiary alicyclic amines) is 1. The van der Waals surface area contributed by atoms with Crippen molar-refractivity contribution >= 4 is 22.2 Å². The van der Waals surface area contributed by atoms with Gasteiger partial charge in [-0.3, -0.25) is 4.21 Å². The summed E-state index contributed by atoms with van der Waals surface area (Å²) in [4.78, 5) is 4.86.